The van der Waals surface area contributed by atoms with Gasteiger partial charge in [-0.3, -0.25) is 9.69 Å². The van der Waals surface area contributed by atoms with Gasteiger partial charge in [0.2, 0.25) is 5.89 Å². The summed E-state index contributed by atoms with van der Waals surface area (Å²) in [6, 6.07) is 14.3. The number of anilines is 4. The van der Waals surface area contributed by atoms with Gasteiger partial charge in [-0.25, -0.2) is 0 Å². The minimum absolute atomic E-state index is 0.00905. The number of hydrogen-bond donors (Lipinski definition) is 1. The molecule has 31 heavy (non-hydrogen) atoms. The van der Waals surface area contributed by atoms with Gasteiger partial charge < -0.3 is 14.5 Å². The molecule has 1 amide bonds. The molecule has 1 aliphatic heterocycles. The highest BCUT2D eigenvalue weighted by atomic mass is 16.5. The maximum absolute atomic E-state index is 13.5. The quantitative estimate of drug-likeness (QED) is 0.598. The number of aromatic nitrogens is 2. The molecule has 162 valence electrons. The zero-order valence-electron chi connectivity index (χ0n) is 18.4. The summed E-state index contributed by atoms with van der Waals surface area (Å²) in [5, 5.41) is 11.0. The fourth-order valence-electron chi connectivity index (χ4n) is 3.56. The number of carbonyl (C=O) groups is 1. The maximum atomic E-state index is 13.5. The lowest BCUT2D eigenvalue weighted by Gasteiger charge is -2.28. The van der Waals surface area contributed by atoms with E-state index in [0.717, 1.165) is 47.5 Å². The molecule has 0 radical (unpaired) electrons. The number of aryl methyl sites for hydroxylation is 3. The van der Waals surface area contributed by atoms with E-state index in [1.165, 1.54) is 0 Å². The van der Waals surface area contributed by atoms with Crippen molar-refractivity contribution in [2.45, 2.75) is 52.6 Å². The molecule has 0 bridgehead atoms. The summed E-state index contributed by atoms with van der Waals surface area (Å²) in [6.07, 6.45) is 2.53. The van der Waals surface area contributed by atoms with Gasteiger partial charge in [0.1, 0.15) is 6.61 Å². The number of para-hydroxylation sites is 1. The molecule has 0 aliphatic carbocycles. The average Bonchev–Trinajstić information content (AvgIpc) is 3.09. The third-order valence-electron chi connectivity index (χ3n) is 5.69. The Hall–Kier alpha value is -3.19. The van der Waals surface area contributed by atoms with Crippen molar-refractivity contribution in [3.05, 3.63) is 59.5 Å². The number of ether oxygens (including phenoxy) is 1. The summed E-state index contributed by atoms with van der Waals surface area (Å²) in [7, 11) is 0. The summed E-state index contributed by atoms with van der Waals surface area (Å²) in [4.78, 5) is 15.2. The van der Waals surface area contributed by atoms with Gasteiger partial charge in [0.25, 0.3) is 5.91 Å². The average molecular weight is 421 g/mol. The van der Waals surface area contributed by atoms with Crippen molar-refractivity contribution in [1.29, 1.82) is 0 Å². The first-order valence-corrected chi connectivity index (χ1v) is 10.6. The van der Waals surface area contributed by atoms with Gasteiger partial charge in [0.05, 0.1) is 17.0 Å². The van der Waals surface area contributed by atoms with E-state index in [4.69, 9.17) is 9.15 Å². The lowest BCUT2D eigenvalue weighted by Crippen LogP contribution is -2.35. The largest absolute Gasteiger partial charge is 0.408 e. The zero-order chi connectivity index (χ0) is 22.0. The predicted octanol–water partition coefficient (Wildman–Crippen LogP) is 5.09. The van der Waals surface area contributed by atoms with Gasteiger partial charge in [-0.2, -0.15) is 0 Å². The van der Waals surface area contributed by atoms with E-state index >= 15 is 0 Å². The predicted molar refractivity (Wildman–Crippen MR) is 120 cm³/mol. The Labute approximate surface area is 182 Å². The van der Waals surface area contributed by atoms with E-state index < -0.39 is 0 Å². The second-order valence-corrected chi connectivity index (χ2v) is 8.35. The minimum Gasteiger partial charge on any atom is -0.408 e. The van der Waals surface area contributed by atoms with Crippen LogP contribution in [-0.4, -0.2) is 28.3 Å². The maximum Gasteiger partial charge on any atom is 0.320 e. The molecule has 0 fully saturated rings. The van der Waals surface area contributed by atoms with Gasteiger partial charge >= 0.3 is 6.01 Å². The summed E-state index contributed by atoms with van der Waals surface area (Å²) in [6.45, 7) is 7.80. The van der Waals surface area contributed by atoms with Crippen LogP contribution < -0.4 is 10.2 Å². The first-order chi connectivity index (χ1) is 14.9. The van der Waals surface area contributed by atoms with Crippen LogP contribution in [0.15, 0.2) is 46.9 Å². The summed E-state index contributed by atoms with van der Waals surface area (Å²) < 4.78 is 11.4. The molecule has 0 unspecified atom stereocenters. The minimum atomic E-state index is -0.358. The van der Waals surface area contributed by atoms with E-state index in [1.807, 2.05) is 50.2 Å². The fourth-order valence-corrected chi connectivity index (χ4v) is 3.56. The smallest absolute Gasteiger partial charge is 0.320 e. The molecule has 1 aromatic heterocycles. The number of nitrogens with zero attached hydrogens (tertiary/aromatic N) is 3. The number of nitrogens with one attached hydrogen (secondary N) is 1. The molecule has 7 nitrogen and oxygen atoms in total. The molecule has 1 aliphatic rings. The molecule has 1 N–H and O–H groups in total. The Kier molecular flexibility index (Phi) is 5.78. The van der Waals surface area contributed by atoms with Crippen molar-refractivity contribution in [1.82, 2.24) is 10.2 Å². The Morgan fingerprint density at radius 2 is 1.87 bits per heavy atom. The molecule has 3 aromatic rings. The Balaban J connectivity index is 1.71. The van der Waals surface area contributed by atoms with Crippen molar-refractivity contribution in [3.8, 4) is 0 Å². The highest BCUT2D eigenvalue weighted by Crippen LogP contribution is 2.38. The first-order valence-electron chi connectivity index (χ1n) is 10.6. The van der Waals surface area contributed by atoms with Crippen LogP contribution >= 0.6 is 0 Å². The van der Waals surface area contributed by atoms with Gasteiger partial charge in [-0.1, -0.05) is 36.3 Å². The highest BCUT2D eigenvalue weighted by molar-refractivity contribution is 6.03. The molecule has 2 aromatic carbocycles. The third-order valence-corrected chi connectivity index (χ3v) is 5.69. The number of fused-ring (bicyclic) bond motifs is 2. The monoisotopic (exact) mass is 420 g/mol. The molecule has 2 heterocycles. The molecule has 0 atom stereocenters. The summed E-state index contributed by atoms with van der Waals surface area (Å²) in [5.41, 5.74) is 4.40. The SMILES string of the molecule is CCC(C)(C)OCC(=O)N1c2ccccc2CCc2ccc(Nc3nnc(C)o3)cc21. The Bertz CT molecular complexity index is 1090. The van der Waals surface area contributed by atoms with Gasteiger partial charge in [0, 0.05) is 12.6 Å². The van der Waals surface area contributed by atoms with Crippen LogP contribution in [0.4, 0.5) is 23.1 Å². The molecule has 0 saturated heterocycles. The van der Waals surface area contributed by atoms with Crippen molar-refractivity contribution in [2.75, 3.05) is 16.8 Å². The summed E-state index contributed by atoms with van der Waals surface area (Å²) >= 11 is 0. The normalized spacial score (nSPS) is 13.4. The topological polar surface area (TPSA) is 80.5 Å². The zero-order valence-corrected chi connectivity index (χ0v) is 18.4. The fraction of sp³-hybridized carbons (Fsp3) is 0.375. The van der Waals surface area contributed by atoms with Crippen LogP contribution in [0, 0.1) is 6.92 Å². The first kappa shape index (κ1) is 21.1. The number of hydrogen-bond acceptors (Lipinski definition) is 6. The van der Waals surface area contributed by atoms with Crippen molar-refractivity contribution in [2.24, 2.45) is 0 Å². The second kappa shape index (κ2) is 8.51. The highest BCUT2D eigenvalue weighted by Gasteiger charge is 2.28. The van der Waals surface area contributed by atoms with Gasteiger partial charge in [-0.05, 0) is 62.4 Å². The van der Waals surface area contributed by atoms with Gasteiger partial charge in [-0.15, -0.1) is 5.10 Å². The van der Waals surface area contributed by atoms with E-state index in [9.17, 15) is 4.79 Å². The Morgan fingerprint density at radius 1 is 1.13 bits per heavy atom. The van der Waals surface area contributed by atoms with Crippen molar-refractivity contribution >= 4 is 29.0 Å². The molecule has 0 saturated carbocycles. The molecule has 4 rings (SSSR count). The Morgan fingerprint density at radius 3 is 2.58 bits per heavy atom. The number of carbonyl (C=O) groups excluding carboxylic acids is 1. The van der Waals surface area contributed by atoms with Crippen LogP contribution in [0.1, 0.15) is 44.2 Å². The van der Waals surface area contributed by atoms with Crippen molar-refractivity contribution < 1.29 is 13.9 Å². The van der Waals surface area contributed by atoms with E-state index in [2.05, 4.69) is 28.5 Å². The third kappa shape index (κ3) is 4.61. The number of benzene rings is 2. The molecule has 0 spiro atoms. The number of amides is 1. The van der Waals surface area contributed by atoms with Gasteiger partial charge in [0.15, 0.2) is 0 Å². The van der Waals surface area contributed by atoms with Crippen LogP contribution in [0.2, 0.25) is 0 Å². The molecular weight excluding hydrogens is 392 g/mol. The summed E-state index contributed by atoms with van der Waals surface area (Å²) in [5.74, 6) is 0.390. The van der Waals surface area contributed by atoms with E-state index in [1.54, 1.807) is 11.8 Å². The number of rotatable bonds is 6. The molecule has 7 heteroatoms. The van der Waals surface area contributed by atoms with Crippen LogP contribution in [0.3, 0.4) is 0 Å². The van der Waals surface area contributed by atoms with E-state index in [-0.39, 0.29) is 18.1 Å². The van der Waals surface area contributed by atoms with Crippen LogP contribution in [0.25, 0.3) is 0 Å². The molecular formula is C24H28N4O3. The van der Waals surface area contributed by atoms with E-state index in [0.29, 0.717) is 11.9 Å². The van der Waals surface area contributed by atoms with Crippen LogP contribution in [-0.2, 0) is 22.4 Å². The van der Waals surface area contributed by atoms with Crippen LogP contribution in [0.5, 0.6) is 0 Å². The second-order valence-electron chi connectivity index (χ2n) is 8.35. The van der Waals surface area contributed by atoms with Crippen molar-refractivity contribution in [3.63, 3.8) is 0 Å². The standard InChI is InChI=1S/C24H28N4O3/c1-5-24(3,4)30-15-22(29)28-20-9-7-6-8-17(20)10-11-18-12-13-19(14-21(18)28)25-23-27-26-16(2)31-23/h6-9,12-14H,5,10-11,15H2,1-4H3,(H,25,27). The lowest BCUT2D eigenvalue weighted by atomic mass is 10.0. The lowest BCUT2D eigenvalue weighted by molar-refractivity contribution is -0.128.